The Labute approximate surface area is 134 Å². The summed E-state index contributed by atoms with van der Waals surface area (Å²) in [4.78, 5) is 14.5. The largest absolute Gasteiger partial charge is 0.478 e. The van der Waals surface area contributed by atoms with Crippen LogP contribution in [0.4, 0.5) is 11.4 Å². The first kappa shape index (κ1) is 15.5. The number of hydrogen-bond donors (Lipinski definition) is 3. The standard InChI is InChI=1S/C16H22N2O3S/c1-18-13-6-11(16(20)21)12(17)7-14(13)22-15(18)10-4-2-9(8-19)3-5-10/h6-7,9-10,15,19H,2-5,8,17H2,1H3,(H,20,21). The molecule has 1 atom stereocenters. The molecule has 0 amide bonds. The van der Waals surface area contributed by atoms with E-state index in [4.69, 9.17) is 5.73 Å². The Balaban J connectivity index is 1.79. The SMILES string of the molecule is CN1c2cc(C(=O)O)c(N)cc2SC1C1CCC(CO)CC1. The first-order chi connectivity index (χ1) is 10.5. The van der Waals surface area contributed by atoms with Gasteiger partial charge in [0.1, 0.15) is 0 Å². The maximum atomic E-state index is 11.3. The van der Waals surface area contributed by atoms with E-state index in [2.05, 4.69) is 4.90 Å². The van der Waals surface area contributed by atoms with E-state index in [1.54, 1.807) is 23.9 Å². The Kier molecular flexibility index (Phi) is 4.23. The molecule has 1 aliphatic heterocycles. The minimum atomic E-state index is -0.981. The number of rotatable bonds is 3. The molecule has 1 heterocycles. The van der Waals surface area contributed by atoms with Crippen LogP contribution in [0.25, 0.3) is 0 Å². The Morgan fingerprint density at radius 3 is 2.64 bits per heavy atom. The fourth-order valence-electron chi connectivity index (χ4n) is 3.55. The van der Waals surface area contributed by atoms with Crippen LogP contribution in [-0.2, 0) is 0 Å². The summed E-state index contributed by atoms with van der Waals surface area (Å²) in [6, 6.07) is 3.48. The molecule has 22 heavy (non-hydrogen) atoms. The van der Waals surface area contributed by atoms with E-state index in [0.29, 0.717) is 29.5 Å². The number of aromatic carboxylic acids is 1. The molecule has 2 aliphatic rings. The van der Waals surface area contributed by atoms with Crippen LogP contribution in [0.15, 0.2) is 17.0 Å². The highest BCUT2D eigenvalue weighted by atomic mass is 32.2. The van der Waals surface area contributed by atoms with E-state index < -0.39 is 5.97 Å². The molecule has 5 nitrogen and oxygen atoms in total. The lowest BCUT2D eigenvalue weighted by molar-refractivity contribution is 0.0698. The molecule has 120 valence electrons. The number of benzene rings is 1. The van der Waals surface area contributed by atoms with Gasteiger partial charge in [0, 0.05) is 24.2 Å². The predicted molar refractivity (Wildman–Crippen MR) is 88.4 cm³/mol. The van der Waals surface area contributed by atoms with Gasteiger partial charge in [0.15, 0.2) is 0 Å². The van der Waals surface area contributed by atoms with Gasteiger partial charge in [0.05, 0.1) is 16.6 Å². The molecule has 1 aromatic rings. The number of hydrogen-bond acceptors (Lipinski definition) is 5. The van der Waals surface area contributed by atoms with Crippen LogP contribution in [0.3, 0.4) is 0 Å². The van der Waals surface area contributed by atoms with Gasteiger partial charge in [-0.05, 0) is 49.7 Å². The number of aliphatic hydroxyl groups is 1. The van der Waals surface area contributed by atoms with Gasteiger partial charge in [0.25, 0.3) is 0 Å². The summed E-state index contributed by atoms with van der Waals surface area (Å²) in [6.45, 7) is 0.291. The highest BCUT2D eigenvalue weighted by Crippen LogP contribution is 2.49. The number of carbonyl (C=O) groups is 1. The maximum absolute atomic E-state index is 11.3. The average Bonchev–Trinajstić information content (AvgIpc) is 2.82. The lowest BCUT2D eigenvalue weighted by Crippen LogP contribution is -2.34. The lowest BCUT2D eigenvalue weighted by atomic mass is 9.82. The zero-order chi connectivity index (χ0) is 15.9. The molecule has 0 radical (unpaired) electrons. The molecule has 6 heteroatoms. The smallest absolute Gasteiger partial charge is 0.337 e. The second-order valence-corrected chi connectivity index (χ2v) is 7.45. The highest BCUT2D eigenvalue weighted by Gasteiger charge is 2.36. The highest BCUT2D eigenvalue weighted by molar-refractivity contribution is 8.00. The van der Waals surface area contributed by atoms with Crippen molar-refractivity contribution < 1.29 is 15.0 Å². The first-order valence-corrected chi connectivity index (χ1v) is 8.56. The number of aliphatic hydroxyl groups excluding tert-OH is 1. The molecular formula is C16H22N2O3S. The number of carboxylic acid groups (broad SMARTS) is 1. The van der Waals surface area contributed by atoms with Gasteiger partial charge in [-0.15, -0.1) is 0 Å². The Bertz CT molecular complexity index is 585. The summed E-state index contributed by atoms with van der Waals surface area (Å²) in [5, 5.41) is 18.8. The number of carboxylic acids is 1. The third kappa shape index (κ3) is 2.65. The molecule has 0 aromatic heterocycles. The van der Waals surface area contributed by atoms with Crippen molar-refractivity contribution in [2.24, 2.45) is 11.8 Å². The van der Waals surface area contributed by atoms with Gasteiger partial charge in [-0.3, -0.25) is 0 Å². The molecule has 1 fully saturated rings. The number of nitrogens with zero attached hydrogens (tertiary/aromatic N) is 1. The van der Waals surface area contributed by atoms with Gasteiger partial charge >= 0.3 is 5.97 Å². The molecule has 0 spiro atoms. The maximum Gasteiger partial charge on any atom is 0.337 e. The summed E-state index contributed by atoms with van der Waals surface area (Å²) < 4.78 is 0. The van der Waals surface area contributed by atoms with Crippen LogP contribution in [0, 0.1) is 11.8 Å². The molecule has 1 saturated carbocycles. The van der Waals surface area contributed by atoms with Crippen LogP contribution in [0.2, 0.25) is 0 Å². The monoisotopic (exact) mass is 322 g/mol. The third-order valence-electron chi connectivity index (χ3n) is 4.92. The van der Waals surface area contributed by atoms with E-state index in [-0.39, 0.29) is 5.56 Å². The number of thioether (sulfide) groups is 1. The molecule has 1 aliphatic carbocycles. The Hall–Kier alpha value is -1.40. The van der Waals surface area contributed by atoms with Crippen LogP contribution < -0.4 is 10.6 Å². The van der Waals surface area contributed by atoms with Gasteiger partial charge in [-0.2, -0.15) is 0 Å². The molecule has 0 bridgehead atoms. The van der Waals surface area contributed by atoms with E-state index in [1.807, 2.05) is 7.05 Å². The second kappa shape index (κ2) is 6.01. The average molecular weight is 322 g/mol. The minimum Gasteiger partial charge on any atom is -0.478 e. The summed E-state index contributed by atoms with van der Waals surface area (Å²) in [5.41, 5.74) is 7.33. The van der Waals surface area contributed by atoms with Crippen molar-refractivity contribution >= 4 is 29.1 Å². The normalized spacial score (nSPS) is 27.7. The zero-order valence-electron chi connectivity index (χ0n) is 12.7. The fourth-order valence-corrected chi connectivity index (χ4v) is 5.07. The minimum absolute atomic E-state index is 0.177. The van der Waals surface area contributed by atoms with E-state index >= 15 is 0 Å². The second-order valence-electron chi connectivity index (χ2n) is 6.30. The lowest BCUT2D eigenvalue weighted by Gasteiger charge is -2.34. The Morgan fingerprint density at radius 2 is 2.05 bits per heavy atom. The topological polar surface area (TPSA) is 86.8 Å². The van der Waals surface area contributed by atoms with Gasteiger partial charge in [-0.25, -0.2) is 4.79 Å². The van der Waals surface area contributed by atoms with Crippen molar-refractivity contribution in [2.45, 2.75) is 36.0 Å². The first-order valence-electron chi connectivity index (χ1n) is 7.68. The molecule has 1 aromatic carbocycles. The van der Waals surface area contributed by atoms with E-state index in [0.717, 1.165) is 36.3 Å². The van der Waals surface area contributed by atoms with Crippen molar-refractivity contribution in [1.29, 1.82) is 0 Å². The van der Waals surface area contributed by atoms with Gasteiger partial charge < -0.3 is 20.8 Å². The molecule has 0 saturated heterocycles. The number of nitrogens with two attached hydrogens (primary N) is 1. The molecule has 4 N–H and O–H groups in total. The molecule has 1 unspecified atom stereocenters. The van der Waals surface area contributed by atoms with Crippen molar-refractivity contribution in [2.75, 3.05) is 24.3 Å². The van der Waals surface area contributed by atoms with Crippen molar-refractivity contribution in [3.8, 4) is 0 Å². The fraction of sp³-hybridized carbons (Fsp3) is 0.562. The van der Waals surface area contributed by atoms with Crippen LogP contribution in [0.5, 0.6) is 0 Å². The summed E-state index contributed by atoms with van der Waals surface area (Å²) >= 11 is 1.78. The Morgan fingerprint density at radius 1 is 1.36 bits per heavy atom. The molecule has 3 rings (SSSR count). The van der Waals surface area contributed by atoms with Crippen LogP contribution in [-0.4, -0.2) is 35.2 Å². The van der Waals surface area contributed by atoms with E-state index in [9.17, 15) is 15.0 Å². The third-order valence-corrected chi connectivity index (χ3v) is 6.45. The van der Waals surface area contributed by atoms with E-state index in [1.165, 1.54) is 0 Å². The summed E-state index contributed by atoms with van der Waals surface area (Å²) in [5.74, 6) is 0.0369. The van der Waals surface area contributed by atoms with Gasteiger partial charge in [0.2, 0.25) is 0 Å². The number of fused-ring (bicyclic) bond motifs is 1. The van der Waals surface area contributed by atoms with Crippen LogP contribution in [0.1, 0.15) is 36.0 Å². The van der Waals surface area contributed by atoms with Crippen molar-refractivity contribution in [3.05, 3.63) is 17.7 Å². The number of anilines is 2. The number of nitrogen functional groups attached to an aromatic ring is 1. The predicted octanol–water partition coefficient (Wildman–Crippen LogP) is 2.63. The summed E-state index contributed by atoms with van der Waals surface area (Å²) in [6.07, 6.45) is 4.38. The zero-order valence-corrected chi connectivity index (χ0v) is 13.5. The van der Waals surface area contributed by atoms with Crippen molar-refractivity contribution in [1.82, 2.24) is 0 Å². The van der Waals surface area contributed by atoms with Gasteiger partial charge in [-0.1, -0.05) is 11.8 Å². The van der Waals surface area contributed by atoms with Crippen LogP contribution >= 0.6 is 11.8 Å². The molecular weight excluding hydrogens is 300 g/mol. The summed E-state index contributed by atoms with van der Waals surface area (Å²) in [7, 11) is 2.03. The van der Waals surface area contributed by atoms with Crippen molar-refractivity contribution in [3.63, 3.8) is 0 Å². The quantitative estimate of drug-likeness (QED) is 0.742.